The van der Waals surface area contributed by atoms with Crippen LogP contribution in [-0.4, -0.2) is 15.6 Å². The summed E-state index contributed by atoms with van der Waals surface area (Å²) in [7, 11) is 0. The van der Waals surface area contributed by atoms with Crippen molar-refractivity contribution in [2.45, 2.75) is 9.24 Å². The maximum atomic E-state index is 10.5. The summed E-state index contributed by atoms with van der Waals surface area (Å²) in [5.41, 5.74) is 0.498. The third-order valence-electron chi connectivity index (χ3n) is 1.65. The Balaban J connectivity index is 2.23. The van der Waals surface area contributed by atoms with Gasteiger partial charge in [-0.15, -0.1) is 0 Å². The predicted molar refractivity (Wildman–Crippen MR) is 60.9 cm³/mol. The molecule has 0 radical (unpaired) electrons. The lowest BCUT2D eigenvalue weighted by Gasteiger charge is -1.99. The number of carbonyl (C=O) groups excluding carboxylic acids is 1. The van der Waals surface area contributed by atoms with Crippen LogP contribution in [0, 0.1) is 0 Å². The molecule has 0 aliphatic rings. The third kappa shape index (κ3) is 2.56. The van der Waals surface area contributed by atoms with E-state index < -0.39 is 0 Å². The summed E-state index contributed by atoms with van der Waals surface area (Å²) >= 11 is 8.69. The van der Waals surface area contributed by atoms with Crippen molar-refractivity contribution in [2.75, 3.05) is 0 Å². The fourth-order valence-electron chi connectivity index (χ4n) is 0.976. The van der Waals surface area contributed by atoms with E-state index in [0.717, 1.165) is 15.5 Å². The zero-order valence-electron chi connectivity index (χ0n) is 7.38. The van der Waals surface area contributed by atoms with Gasteiger partial charge in [0.15, 0.2) is 10.6 Å². The van der Waals surface area contributed by atoms with Crippen LogP contribution in [0.4, 0.5) is 0 Å². The zero-order chi connectivity index (χ0) is 10.7. The number of hydrogen-bond acceptors (Lipinski definition) is 5. The van der Waals surface area contributed by atoms with Gasteiger partial charge in [0.25, 0.3) is 0 Å². The van der Waals surface area contributed by atoms with Gasteiger partial charge in [0.2, 0.25) is 0 Å². The molecular weight excluding hydrogens is 252 g/mol. The summed E-state index contributed by atoms with van der Waals surface area (Å²) in [6.45, 7) is 0. The summed E-state index contributed by atoms with van der Waals surface area (Å²) in [6, 6.07) is 5.28. The van der Waals surface area contributed by atoms with Crippen molar-refractivity contribution < 1.29 is 4.79 Å². The second kappa shape index (κ2) is 4.74. The molecule has 0 bridgehead atoms. The summed E-state index contributed by atoms with van der Waals surface area (Å²) in [6.07, 6.45) is 2.25. The number of aldehydes is 1. The molecule has 0 amide bonds. The summed E-state index contributed by atoms with van der Waals surface area (Å²) in [4.78, 5) is 15.5. The van der Waals surface area contributed by atoms with Crippen LogP contribution in [0.25, 0.3) is 0 Å². The highest BCUT2D eigenvalue weighted by atomic mass is 35.5. The number of hydrogen-bond donors (Lipinski definition) is 0. The Morgan fingerprint density at radius 1 is 1.47 bits per heavy atom. The Hall–Kier alpha value is -0.910. The summed E-state index contributed by atoms with van der Waals surface area (Å²) in [5, 5.41) is 0.458. The lowest BCUT2D eigenvalue weighted by atomic mass is 10.2. The molecule has 0 aliphatic heterocycles. The Kier molecular flexibility index (Phi) is 3.35. The van der Waals surface area contributed by atoms with Crippen molar-refractivity contribution in [1.82, 2.24) is 9.36 Å². The highest BCUT2D eigenvalue weighted by Gasteiger charge is 2.04. The maximum Gasteiger partial charge on any atom is 0.174 e. The van der Waals surface area contributed by atoms with Gasteiger partial charge in [-0.05, 0) is 29.7 Å². The van der Waals surface area contributed by atoms with E-state index in [9.17, 15) is 4.79 Å². The number of aromatic nitrogens is 2. The fourth-order valence-corrected chi connectivity index (χ4v) is 2.73. The standard InChI is InChI=1S/C9H5ClN2OS2/c10-8-3-7(2-1-6(8)4-13)14-9-11-5-12-15-9/h1-5H. The molecule has 1 heterocycles. The highest BCUT2D eigenvalue weighted by Crippen LogP contribution is 2.30. The largest absolute Gasteiger partial charge is 0.298 e. The fraction of sp³-hybridized carbons (Fsp3) is 0. The molecular formula is C9H5ClN2OS2. The van der Waals surface area contributed by atoms with Crippen molar-refractivity contribution in [3.63, 3.8) is 0 Å². The number of halogens is 1. The van der Waals surface area contributed by atoms with Crippen LogP contribution in [0.2, 0.25) is 5.02 Å². The first-order valence-corrected chi connectivity index (χ1v) is 5.95. The van der Waals surface area contributed by atoms with Crippen LogP contribution in [0.5, 0.6) is 0 Å². The minimum Gasteiger partial charge on any atom is -0.298 e. The maximum absolute atomic E-state index is 10.5. The average molecular weight is 257 g/mol. The molecule has 15 heavy (non-hydrogen) atoms. The molecule has 0 atom stereocenters. The summed E-state index contributed by atoms with van der Waals surface area (Å²) in [5.74, 6) is 0. The minimum atomic E-state index is 0.458. The number of carbonyl (C=O) groups is 1. The van der Waals surface area contributed by atoms with Gasteiger partial charge in [0, 0.05) is 10.5 Å². The van der Waals surface area contributed by atoms with Crippen LogP contribution in [0.1, 0.15) is 10.4 Å². The quantitative estimate of drug-likeness (QED) is 0.792. The van der Waals surface area contributed by atoms with Crippen molar-refractivity contribution >= 4 is 41.2 Å². The Bertz CT molecular complexity index is 473. The molecule has 0 saturated heterocycles. The van der Waals surface area contributed by atoms with Gasteiger partial charge in [0.1, 0.15) is 6.33 Å². The number of nitrogens with zero attached hydrogens (tertiary/aromatic N) is 2. The molecule has 0 spiro atoms. The van der Waals surface area contributed by atoms with Gasteiger partial charge in [-0.1, -0.05) is 23.4 Å². The molecule has 1 aromatic heterocycles. The van der Waals surface area contributed by atoms with Crippen molar-refractivity contribution in [1.29, 1.82) is 0 Å². The highest BCUT2D eigenvalue weighted by molar-refractivity contribution is 8.01. The van der Waals surface area contributed by atoms with E-state index >= 15 is 0 Å². The first-order chi connectivity index (χ1) is 7.29. The van der Waals surface area contributed by atoms with Gasteiger partial charge in [0.05, 0.1) is 5.02 Å². The van der Waals surface area contributed by atoms with E-state index in [1.807, 2.05) is 6.07 Å². The Morgan fingerprint density at radius 3 is 2.93 bits per heavy atom. The number of rotatable bonds is 3. The van der Waals surface area contributed by atoms with E-state index in [0.29, 0.717) is 10.6 Å². The SMILES string of the molecule is O=Cc1ccc(Sc2ncns2)cc1Cl. The molecule has 2 rings (SSSR count). The third-order valence-corrected chi connectivity index (χ3v) is 3.68. The molecule has 0 saturated carbocycles. The topological polar surface area (TPSA) is 42.9 Å². The van der Waals surface area contributed by atoms with E-state index in [1.165, 1.54) is 29.6 Å². The van der Waals surface area contributed by atoms with Crippen LogP contribution < -0.4 is 0 Å². The van der Waals surface area contributed by atoms with Crippen LogP contribution in [0.15, 0.2) is 33.8 Å². The second-order valence-electron chi connectivity index (χ2n) is 2.61. The second-order valence-corrected chi connectivity index (χ2v) is 5.12. The Morgan fingerprint density at radius 2 is 2.33 bits per heavy atom. The number of benzene rings is 1. The smallest absolute Gasteiger partial charge is 0.174 e. The van der Waals surface area contributed by atoms with Crippen molar-refractivity contribution in [2.24, 2.45) is 0 Å². The van der Waals surface area contributed by atoms with Crippen LogP contribution >= 0.6 is 34.9 Å². The van der Waals surface area contributed by atoms with Gasteiger partial charge < -0.3 is 0 Å². The average Bonchev–Trinajstić information content (AvgIpc) is 2.71. The lowest BCUT2D eigenvalue weighted by Crippen LogP contribution is -1.81. The van der Waals surface area contributed by atoms with Gasteiger partial charge in [-0.2, -0.15) is 4.37 Å². The molecule has 3 nitrogen and oxygen atoms in total. The molecule has 76 valence electrons. The lowest BCUT2D eigenvalue weighted by molar-refractivity contribution is 0.112. The summed E-state index contributed by atoms with van der Waals surface area (Å²) < 4.78 is 4.75. The van der Waals surface area contributed by atoms with E-state index in [2.05, 4.69) is 9.36 Å². The monoisotopic (exact) mass is 256 g/mol. The first kappa shape index (κ1) is 10.6. The van der Waals surface area contributed by atoms with Gasteiger partial charge in [-0.25, -0.2) is 4.98 Å². The first-order valence-electron chi connectivity index (χ1n) is 3.99. The predicted octanol–water partition coefficient (Wildman–Crippen LogP) is 3.16. The minimum absolute atomic E-state index is 0.458. The van der Waals surface area contributed by atoms with Crippen molar-refractivity contribution in [3.05, 3.63) is 35.1 Å². The van der Waals surface area contributed by atoms with E-state index in [-0.39, 0.29) is 0 Å². The van der Waals surface area contributed by atoms with Crippen LogP contribution in [0.3, 0.4) is 0 Å². The van der Waals surface area contributed by atoms with Crippen LogP contribution in [-0.2, 0) is 0 Å². The molecule has 2 aromatic rings. The molecule has 6 heteroatoms. The molecule has 1 aromatic carbocycles. The molecule has 0 fully saturated rings. The molecule has 0 unspecified atom stereocenters. The molecule has 0 N–H and O–H groups in total. The van der Waals surface area contributed by atoms with Gasteiger partial charge in [-0.3, -0.25) is 4.79 Å². The van der Waals surface area contributed by atoms with Gasteiger partial charge >= 0.3 is 0 Å². The molecule has 0 aliphatic carbocycles. The van der Waals surface area contributed by atoms with E-state index in [4.69, 9.17) is 11.6 Å². The zero-order valence-corrected chi connectivity index (χ0v) is 9.77. The van der Waals surface area contributed by atoms with E-state index in [1.54, 1.807) is 12.1 Å². The normalized spacial score (nSPS) is 10.2. The van der Waals surface area contributed by atoms with Crippen molar-refractivity contribution in [3.8, 4) is 0 Å². The Labute approximate surface area is 99.7 Å².